The number of benzene rings is 1. The van der Waals surface area contributed by atoms with E-state index < -0.39 is 0 Å². The Labute approximate surface area is 147 Å². The van der Waals surface area contributed by atoms with Crippen molar-refractivity contribution in [1.82, 2.24) is 15.1 Å². The zero-order valence-corrected chi connectivity index (χ0v) is 14.5. The second-order valence-corrected chi connectivity index (χ2v) is 6.26. The van der Waals surface area contributed by atoms with E-state index in [2.05, 4.69) is 22.7 Å². The number of hydrogen-bond acceptors (Lipinski definition) is 4. The minimum Gasteiger partial charge on any atom is -0.493 e. The van der Waals surface area contributed by atoms with Crippen LogP contribution in [0.4, 0.5) is 10.6 Å². The molecule has 2 atom stereocenters. The number of carbonyl (C=O) groups excluding carboxylic acids is 1. The Bertz CT molecular complexity index is 744. The number of aryl methyl sites for hydroxylation is 2. The Morgan fingerprint density at radius 3 is 3.00 bits per heavy atom. The van der Waals surface area contributed by atoms with Crippen LogP contribution in [0.5, 0.6) is 5.75 Å². The van der Waals surface area contributed by atoms with Crippen molar-refractivity contribution < 1.29 is 14.6 Å². The molecule has 25 heavy (non-hydrogen) atoms. The summed E-state index contributed by atoms with van der Waals surface area (Å²) in [6.07, 6.45) is 1.87. The molecular weight excluding hydrogens is 320 g/mol. The van der Waals surface area contributed by atoms with Crippen molar-refractivity contribution >= 4 is 11.8 Å². The maximum atomic E-state index is 12.5. The Morgan fingerprint density at radius 2 is 2.24 bits per heavy atom. The molecule has 0 unspecified atom stereocenters. The lowest BCUT2D eigenvalue weighted by Gasteiger charge is -2.33. The number of urea groups is 1. The van der Waals surface area contributed by atoms with Crippen LogP contribution in [0.2, 0.25) is 0 Å². The summed E-state index contributed by atoms with van der Waals surface area (Å²) < 4.78 is 7.32. The number of fused-ring (bicyclic) bond motifs is 1. The van der Waals surface area contributed by atoms with Gasteiger partial charge in [0.1, 0.15) is 11.6 Å². The van der Waals surface area contributed by atoms with Crippen LogP contribution in [0.25, 0.3) is 0 Å². The smallest absolute Gasteiger partial charge is 0.320 e. The van der Waals surface area contributed by atoms with Gasteiger partial charge in [0.15, 0.2) is 0 Å². The molecule has 3 N–H and O–H groups in total. The van der Waals surface area contributed by atoms with Gasteiger partial charge >= 0.3 is 6.03 Å². The minimum absolute atomic E-state index is 0.0638. The third kappa shape index (κ3) is 3.76. The van der Waals surface area contributed by atoms with E-state index in [4.69, 9.17) is 4.74 Å². The minimum atomic E-state index is -0.328. The molecule has 1 aromatic heterocycles. The average Bonchev–Trinajstić information content (AvgIpc) is 2.94. The number of ether oxygens (including phenoxy) is 1. The zero-order valence-electron chi connectivity index (χ0n) is 14.5. The van der Waals surface area contributed by atoms with Gasteiger partial charge in [-0.1, -0.05) is 31.5 Å². The Balaban J connectivity index is 1.73. The van der Waals surface area contributed by atoms with Gasteiger partial charge in [-0.15, -0.1) is 0 Å². The first-order chi connectivity index (χ1) is 12.1. The summed E-state index contributed by atoms with van der Waals surface area (Å²) >= 11 is 0. The molecule has 0 spiro atoms. The lowest BCUT2D eigenvalue weighted by Crippen LogP contribution is -2.42. The molecule has 0 fully saturated rings. The number of para-hydroxylation sites is 1. The van der Waals surface area contributed by atoms with Crippen molar-refractivity contribution in [1.29, 1.82) is 0 Å². The van der Waals surface area contributed by atoms with Crippen molar-refractivity contribution in [2.75, 3.05) is 18.5 Å². The van der Waals surface area contributed by atoms with E-state index in [1.165, 1.54) is 0 Å². The monoisotopic (exact) mass is 344 g/mol. The van der Waals surface area contributed by atoms with Gasteiger partial charge in [-0.3, -0.25) is 10.00 Å². The van der Waals surface area contributed by atoms with Crippen LogP contribution < -0.4 is 15.4 Å². The van der Waals surface area contributed by atoms with Crippen molar-refractivity contribution in [2.24, 2.45) is 13.0 Å². The Kier molecular flexibility index (Phi) is 5.23. The first kappa shape index (κ1) is 17.3. The van der Waals surface area contributed by atoms with Gasteiger partial charge in [-0.2, -0.15) is 5.10 Å². The molecule has 7 heteroatoms. The molecule has 3 rings (SSSR count). The fourth-order valence-corrected chi connectivity index (χ4v) is 3.09. The fourth-order valence-electron chi connectivity index (χ4n) is 3.09. The molecule has 2 aromatic rings. The van der Waals surface area contributed by atoms with Gasteiger partial charge in [0.05, 0.1) is 24.9 Å². The number of aliphatic hydroxyl groups is 1. The van der Waals surface area contributed by atoms with Crippen molar-refractivity contribution in [3.05, 3.63) is 41.6 Å². The number of nitrogens with one attached hydrogen (secondary N) is 2. The molecule has 0 bridgehead atoms. The van der Waals surface area contributed by atoms with Gasteiger partial charge in [0.25, 0.3) is 0 Å². The summed E-state index contributed by atoms with van der Waals surface area (Å²) in [6.45, 7) is 2.39. The SMILES string of the molecule is CCCc1cc(NC(=O)N[C@H]2c3ccccc3OC[C@H]2CO)n(C)n1. The third-order valence-electron chi connectivity index (χ3n) is 4.38. The Morgan fingerprint density at radius 1 is 1.44 bits per heavy atom. The lowest BCUT2D eigenvalue weighted by molar-refractivity contribution is 0.114. The predicted molar refractivity (Wildman–Crippen MR) is 94.6 cm³/mol. The molecular formula is C18H24N4O3. The third-order valence-corrected chi connectivity index (χ3v) is 4.38. The maximum Gasteiger partial charge on any atom is 0.320 e. The lowest BCUT2D eigenvalue weighted by atomic mass is 9.91. The van der Waals surface area contributed by atoms with Crippen LogP contribution >= 0.6 is 0 Å². The summed E-state index contributed by atoms with van der Waals surface area (Å²) in [6, 6.07) is 8.81. The summed E-state index contributed by atoms with van der Waals surface area (Å²) in [7, 11) is 1.80. The molecule has 1 aromatic carbocycles. The molecule has 134 valence electrons. The number of carbonyl (C=O) groups is 1. The second kappa shape index (κ2) is 7.57. The summed E-state index contributed by atoms with van der Waals surface area (Å²) in [4.78, 5) is 12.5. The van der Waals surface area contributed by atoms with Gasteiger partial charge in [-0.25, -0.2) is 4.79 Å². The quantitative estimate of drug-likeness (QED) is 0.776. The van der Waals surface area contributed by atoms with E-state index in [1.807, 2.05) is 30.3 Å². The van der Waals surface area contributed by atoms with Crippen molar-refractivity contribution in [3.8, 4) is 5.75 Å². The molecule has 7 nitrogen and oxygen atoms in total. The van der Waals surface area contributed by atoms with Crippen LogP contribution in [0, 0.1) is 5.92 Å². The highest BCUT2D eigenvalue weighted by atomic mass is 16.5. The fraction of sp³-hybridized carbons (Fsp3) is 0.444. The van der Waals surface area contributed by atoms with E-state index in [0.29, 0.717) is 12.4 Å². The number of anilines is 1. The largest absolute Gasteiger partial charge is 0.493 e. The highest BCUT2D eigenvalue weighted by Gasteiger charge is 2.31. The van der Waals surface area contributed by atoms with Crippen LogP contribution in [-0.4, -0.2) is 34.1 Å². The van der Waals surface area contributed by atoms with Crippen molar-refractivity contribution in [2.45, 2.75) is 25.8 Å². The topological polar surface area (TPSA) is 88.4 Å². The number of nitrogens with zero attached hydrogens (tertiary/aromatic N) is 2. The number of hydrogen-bond donors (Lipinski definition) is 3. The maximum absolute atomic E-state index is 12.5. The van der Waals surface area contributed by atoms with E-state index in [-0.39, 0.29) is 24.6 Å². The molecule has 2 heterocycles. The van der Waals surface area contributed by atoms with Crippen LogP contribution in [0.15, 0.2) is 30.3 Å². The average molecular weight is 344 g/mol. The highest BCUT2D eigenvalue weighted by molar-refractivity contribution is 5.88. The van der Waals surface area contributed by atoms with Gasteiger partial charge in [0, 0.05) is 24.6 Å². The Hall–Kier alpha value is -2.54. The summed E-state index contributed by atoms with van der Waals surface area (Å²) in [5, 5.41) is 19.8. The first-order valence-corrected chi connectivity index (χ1v) is 8.55. The van der Waals surface area contributed by atoms with Gasteiger partial charge < -0.3 is 15.2 Å². The molecule has 1 aliphatic heterocycles. The van der Waals surface area contributed by atoms with Gasteiger partial charge in [-0.05, 0) is 12.5 Å². The van der Waals surface area contributed by atoms with Crippen molar-refractivity contribution in [3.63, 3.8) is 0 Å². The van der Waals surface area contributed by atoms with Crippen LogP contribution in [0.3, 0.4) is 0 Å². The molecule has 1 aliphatic rings. The van der Waals surface area contributed by atoms with Crippen LogP contribution in [-0.2, 0) is 13.5 Å². The van der Waals surface area contributed by atoms with E-state index in [1.54, 1.807) is 11.7 Å². The predicted octanol–water partition coefficient (Wildman–Crippen LogP) is 2.24. The summed E-state index contributed by atoms with van der Waals surface area (Å²) in [5.74, 6) is 1.19. The molecule has 0 radical (unpaired) electrons. The molecule has 0 saturated heterocycles. The first-order valence-electron chi connectivity index (χ1n) is 8.55. The number of aliphatic hydroxyl groups excluding tert-OH is 1. The number of aromatic nitrogens is 2. The van der Waals surface area contributed by atoms with E-state index in [9.17, 15) is 9.90 Å². The standard InChI is InChI=1S/C18H24N4O3/c1-3-6-13-9-16(22(2)21-13)19-18(24)20-17-12(10-23)11-25-15-8-5-4-7-14(15)17/h4-5,7-9,12,17,23H,3,6,10-11H2,1-2H3,(H2,19,20,24)/t12-,17-/m1/s1. The molecule has 0 saturated carbocycles. The normalized spacial score (nSPS) is 19.0. The van der Waals surface area contributed by atoms with Gasteiger partial charge in [0.2, 0.25) is 0 Å². The second-order valence-electron chi connectivity index (χ2n) is 6.26. The number of amides is 2. The highest BCUT2D eigenvalue weighted by Crippen LogP contribution is 2.35. The summed E-state index contributed by atoms with van der Waals surface area (Å²) in [5.41, 5.74) is 1.82. The molecule has 2 amide bonds. The van der Waals surface area contributed by atoms with E-state index in [0.717, 1.165) is 29.8 Å². The molecule has 0 aliphatic carbocycles. The van der Waals surface area contributed by atoms with Crippen LogP contribution in [0.1, 0.15) is 30.6 Å². The zero-order chi connectivity index (χ0) is 17.8. The van der Waals surface area contributed by atoms with E-state index >= 15 is 0 Å². The number of rotatable bonds is 5.